The number of amides is 4. The second-order valence-electron chi connectivity index (χ2n) is 25.5. The van der Waals surface area contributed by atoms with E-state index in [1.807, 2.05) is 182 Å². The van der Waals surface area contributed by atoms with Crippen molar-refractivity contribution in [1.82, 2.24) is 20.9 Å². The van der Waals surface area contributed by atoms with Gasteiger partial charge in [-0.15, -0.1) is 0 Å². The molecule has 0 bridgehead atoms. The van der Waals surface area contributed by atoms with Gasteiger partial charge in [-0.2, -0.15) is 10.5 Å². The number of carbonyl (C=O) groups excluding carboxylic acids is 7. The Morgan fingerprint density at radius 1 is 0.500 bits per heavy atom. The van der Waals surface area contributed by atoms with Crippen LogP contribution in [0, 0.1) is 22.7 Å². The van der Waals surface area contributed by atoms with E-state index in [9.17, 15) is 48.9 Å². The summed E-state index contributed by atoms with van der Waals surface area (Å²) in [5.41, 5.74) is -1.20. The van der Waals surface area contributed by atoms with Crippen LogP contribution in [0.25, 0.3) is 0 Å². The molecule has 1 fully saturated rings. The predicted octanol–water partition coefficient (Wildman–Crippen LogP) is 10.7. The summed E-state index contributed by atoms with van der Waals surface area (Å²) in [6, 6.07) is 70.1. The highest BCUT2D eigenvalue weighted by molar-refractivity contribution is 7.97. The number of Topliss-reactive ketones (excluding diaryl/α,β-unsaturated/α-hetero) is 2. The lowest BCUT2D eigenvalue weighted by molar-refractivity contribution is -0.156. The third-order valence-electron chi connectivity index (χ3n) is 14.4. The van der Waals surface area contributed by atoms with Gasteiger partial charge in [0, 0.05) is 12.3 Å². The summed E-state index contributed by atoms with van der Waals surface area (Å²) in [6.45, 7) is 15.3. The molecule has 0 saturated carbocycles. The van der Waals surface area contributed by atoms with E-state index in [0.717, 1.165) is 21.5 Å². The number of likely N-dealkylation sites (tertiary alicyclic amines) is 1. The van der Waals surface area contributed by atoms with Crippen LogP contribution < -0.4 is 47.8 Å². The van der Waals surface area contributed by atoms with E-state index in [-0.39, 0.29) is 18.4 Å². The third kappa shape index (κ3) is 22.9. The van der Waals surface area contributed by atoms with Crippen molar-refractivity contribution >= 4 is 104 Å². The number of ketones is 2. The average Bonchev–Trinajstić information content (AvgIpc) is 0.831. The quantitative estimate of drug-likeness (QED) is 0.0285. The molecule has 0 radical (unpaired) electrons. The van der Waals surface area contributed by atoms with Crippen LogP contribution in [0.1, 0.15) is 101 Å². The van der Waals surface area contributed by atoms with Crippen LogP contribution in [-0.2, 0) is 49.5 Å². The van der Waals surface area contributed by atoms with Crippen molar-refractivity contribution in [2.45, 2.75) is 144 Å². The summed E-state index contributed by atoms with van der Waals surface area (Å²) < 4.78 is 20.6. The number of benzene rings is 7. The third-order valence-corrected chi connectivity index (χ3v) is 22.5. The van der Waals surface area contributed by atoms with Crippen molar-refractivity contribution in [3.05, 3.63) is 218 Å². The van der Waals surface area contributed by atoms with E-state index < -0.39 is 102 Å². The lowest BCUT2D eigenvalue weighted by Gasteiger charge is -2.31. The van der Waals surface area contributed by atoms with Gasteiger partial charge in [0.25, 0.3) is 5.91 Å². The van der Waals surface area contributed by atoms with E-state index >= 15 is 0 Å². The fourth-order valence-corrected chi connectivity index (χ4v) is 17.7. The first-order valence-corrected chi connectivity index (χ1v) is 35.5. The van der Waals surface area contributed by atoms with E-state index in [1.54, 1.807) is 69.2 Å². The molecule has 0 spiro atoms. The van der Waals surface area contributed by atoms with Gasteiger partial charge in [0.15, 0.2) is 5.78 Å². The summed E-state index contributed by atoms with van der Waals surface area (Å²) in [6.07, 6.45) is -1.18. The number of esters is 1. The Balaban J connectivity index is 0.000000247. The van der Waals surface area contributed by atoms with E-state index in [0.29, 0.717) is 12.8 Å². The first-order chi connectivity index (χ1) is 46.4. The Bertz CT molecular complexity index is 3810. The molecule has 4 amide bonds. The van der Waals surface area contributed by atoms with Gasteiger partial charge in [-0.05, 0) is 147 Å². The molecule has 0 aliphatic carbocycles. The van der Waals surface area contributed by atoms with E-state index in [1.165, 1.54) is 34.7 Å². The highest BCUT2D eigenvalue weighted by Crippen LogP contribution is 2.47. The van der Waals surface area contributed by atoms with Gasteiger partial charge in [-0.3, -0.25) is 19.2 Å². The number of carboxylic acids is 1. The van der Waals surface area contributed by atoms with Crippen LogP contribution in [0.15, 0.2) is 212 Å². The van der Waals surface area contributed by atoms with Gasteiger partial charge in [-0.1, -0.05) is 212 Å². The lowest BCUT2D eigenvalue weighted by atomic mass is 10.1. The zero-order valence-corrected chi connectivity index (χ0v) is 59.3. The molecule has 514 valence electrons. The Hall–Kier alpha value is -10.3. The smallest absolute Gasteiger partial charge is 0.408 e. The number of aliphatic carboxylic acids is 1. The molecule has 21 heteroatoms. The van der Waals surface area contributed by atoms with Crippen molar-refractivity contribution in [1.29, 1.82) is 10.5 Å². The predicted molar refractivity (Wildman–Crippen MR) is 388 cm³/mol. The molecule has 7 aromatic carbocycles. The highest BCUT2D eigenvalue weighted by atomic mass is 31.2. The maximum Gasteiger partial charge on any atom is 0.408 e. The number of carbonyl (C=O) groups is 8. The normalized spacial score (nSPS) is 13.5. The zero-order valence-electron chi connectivity index (χ0n) is 57.5. The number of hydrogen-bond donors (Lipinski definition) is 4. The van der Waals surface area contributed by atoms with Crippen molar-refractivity contribution in [3.63, 3.8) is 0 Å². The average molecular weight is 1370 g/mol. The summed E-state index contributed by atoms with van der Waals surface area (Å²) in [7, 11) is 0. The molecule has 4 N–H and O–H groups in total. The van der Waals surface area contributed by atoms with Crippen LogP contribution in [0.2, 0.25) is 0 Å². The number of nitrogens with zero attached hydrogens (tertiary/aromatic N) is 3. The fraction of sp³-hybridized carbons (Fsp3) is 0.299. The summed E-state index contributed by atoms with van der Waals surface area (Å²) >= 11 is 0. The molecule has 1 saturated heterocycles. The lowest BCUT2D eigenvalue weighted by Crippen LogP contribution is -2.51. The minimum atomic E-state index is -2.84. The second-order valence-corrected chi connectivity index (χ2v) is 32.1. The number of nitriles is 2. The Morgan fingerprint density at radius 3 is 1.13 bits per heavy atom. The topological polar surface area (TPSA) is 281 Å². The molecule has 1 aliphatic heterocycles. The van der Waals surface area contributed by atoms with Crippen molar-refractivity contribution in [2.75, 3.05) is 6.54 Å². The van der Waals surface area contributed by atoms with Gasteiger partial charge >= 0.3 is 30.2 Å². The molecule has 8 rings (SSSR count). The van der Waals surface area contributed by atoms with E-state index in [2.05, 4.69) is 64.5 Å². The molecule has 0 aromatic heterocycles. The highest BCUT2D eigenvalue weighted by Gasteiger charge is 2.40. The second kappa shape index (κ2) is 36.7. The number of nitrogens with one attached hydrogen (secondary N) is 3. The maximum atomic E-state index is 13.8. The standard InChI is InChI=1S/C28H29N2O3P.C21H28N2O6.C20H16NP.C8H15NO4/c1-21(30-27(32)33-28(2,3)4)26(31)25(20-29)34(22-14-8-5-9-15-22,23-16-10-6-11-17-23)24-18-12-7-13-19-24;1-14(22-20(27)29-21(2,3)4)17(24)18(25)23-12-8-11-16(23)19(26)28-13-15-9-6-5-7-10-15;21-16-17-22(18-10-4-1-5-11-18,19-12-6-2-7-13-19)20-14-8-3-9-15-20;1-5(6(10)11)9-7(12)13-8(2,3)4/h5-19,21H,1-4H3,(H,30,32);5-7,9-10,14,16H,8,11-13H2,1-4H3,(H,22,27);1-15,17H;5H,1-4H3,(H,9,12)(H,10,11)/t21-;14-,16-;;5-/m00.0/s1. The van der Waals surface area contributed by atoms with Crippen LogP contribution >= 0.6 is 13.8 Å². The van der Waals surface area contributed by atoms with Gasteiger partial charge < -0.3 is 44.9 Å². The van der Waals surface area contributed by atoms with Gasteiger partial charge in [0.2, 0.25) is 5.78 Å². The minimum absolute atomic E-state index is 0.1000. The molecule has 1 heterocycles. The van der Waals surface area contributed by atoms with Crippen molar-refractivity contribution in [2.24, 2.45) is 0 Å². The summed E-state index contributed by atoms with van der Waals surface area (Å²) in [5, 5.41) is 42.0. The van der Waals surface area contributed by atoms with Crippen LogP contribution in [0.4, 0.5) is 14.4 Å². The Labute approximate surface area is 575 Å². The Kier molecular flexibility index (Phi) is 29.3. The molecule has 0 unspecified atom stereocenters. The monoisotopic (exact) mass is 1370 g/mol. The van der Waals surface area contributed by atoms with Crippen LogP contribution in [-0.4, -0.2) is 116 Å². The Morgan fingerprint density at radius 2 is 0.816 bits per heavy atom. The molecule has 98 heavy (non-hydrogen) atoms. The van der Waals surface area contributed by atoms with Crippen LogP contribution in [0.5, 0.6) is 0 Å². The van der Waals surface area contributed by atoms with Gasteiger partial charge in [-0.25, -0.2) is 19.2 Å². The van der Waals surface area contributed by atoms with Gasteiger partial charge in [0.05, 0.1) is 18.2 Å². The maximum absolute atomic E-state index is 13.8. The molecule has 4 atom stereocenters. The summed E-state index contributed by atoms with van der Waals surface area (Å²) in [5.74, 6) is -1.84. The molecule has 7 aromatic rings. The molecule has 19 nitrogen and oxygen atoms in total. The van der Waals surface area contributed by atoms with Gasteiger partial charge in [0.1, 0.15) is 46.9 Å². The first-order valence-electron chi connectivity index (χ1n) is 31.8. The van der Waals surface area contributed by atoms with Crippen LogP contribution in [0.3, 0.4) is 0 Å². The van der Waals surface area contributed by atoms with E-state index in [4.69, 9.17) is 24.1 Å². The van der Waals surface area contributed by atoms with Crippen molar-refractivity contribution < 1.29 is 62.4 Å². The SMILES string of the molecule is C[C@H](NC(=O)OC(C)(C)C)C(=O)C(=O)N1CCC[C@H]1C(=O)OCc1ccccc1.C[C@H](NC(=O)OC(C)(C)C)C(=O)C(C#N)=P(c1ccccc1)(c1ccccc1)c1ccccc1.C[C@H](NC(=O)OC(C)(C)C)C(=O)O.N#CC=P(c1ccccc1)(c1ccccc1)c1ccccc1. The zero-order chi connectivity index (χ0) is 72.3. The minimum Gasteiger partial charge on any atom is -0.480 e. The fourth-order valence-electron chi connectivity index (χ4n) is 10.1. The first kappa shape index (κ1) is 78.4. The molecular formula is C77H88N6O13P2. The summed E-state index contributed by atoms with van der Waals surface area (Å²) in [4.78, 5) is 98.1. The number of carboxylic acid groups (broad SMARTS) is 1. The largest absolute Gasteiger partial charge is 0.480 e. The number of alkyl carbamates (subject to hydrolysis) is 3. The molecule has 1 aliphatic rings. The number of hydrogen-bond acceptors (Lipinski definition) is 14. The number of ether oxygens (including phenoxy) is 4. The number of rotatable bonds is 17. The van der Waals surface area contributed by atoms with Crippen molar-refractivity contribution in [3.8, 4) is 12.1 Å². The molecular weight excluding hydrogens is 1280 g/mol.